The minimum Gasteiger partial charge on any atom is -0.352 e. The predicted molar refractivity (Wildman–Crippen MR) is 65.3 cm³/mol. The molecule has 0 aliphatic carbocycles. The van der Waals surface area contributed by atoms with Crippen LogP contribution in [-0.4, -0.2) is 17.4 Å². The summed E-state index contributed by atoms with van der Waals surface area (Å²) in [5.74, 6) is -0.513. The molecule has 0 aromatic heterocycles. The molecule has 0 bridgehead atoms. The Bertz CT molecular complexity index is 460. The van der Waals surface area contributed by atoms with Crippen molar-refractivity contribution >= 4 is 23.2 Å². The van der Waals surface area contributed by atoms with Gasteiger partial charge in [-0.25, -0.2) is 0 Å². The van der Waals surface area contributed by atoms with Gasteiger partial charge in [-0.3, -0.25) is 14.9 Å². The van der Waals surface area contributed by atoms with E-state index in [0.29, 0.717) is 13.0 Å². The third kappa shape index (κ3) is 3.29. The van der Waals surface area contributed by atoms with Gasteiger partial charge in [0.2, 0.25) is 0 Å². The highest BCUT2D eigenvalue weighted by Gasteiger charge is 2.22. The monoisotopic (exact) mass is 254 g/mol. The molecule has 0 heterocycles. The van der Waals surface area contributed by atoms with Crippen molar-refractivity contribution in [2.75, 3.05) is 6.54 Å². The molecule has 0 aliphatic rings. The SMILES string of the molecule is C=CCCNC(=O)c1cccc(Cl)c1[N+](=O)[O-]. The van der Waals surface area contributed by atoms with Crippen LogP contribution in [0.4, 0.5) is 5.69 Å². The first kappa shape index (κ1) is 13.2. The lowest BCUT2D eigenvalue weighted by atomic mass is 10.1. The van der Waals surface area contributed by atoms with Crippen molar-refractivity contribution in [3.8, 4) is 0 Å². The Hall–Kier alpha value is -1.88. The highest BCUT2D eigenvalue weighted by molar-refractivity contribution is 6.33. The molecule has 0 fully saturated rings. The molecular formula is C11H11ClN2O3. The van der Waals surface area contributed by atoms with E-state index in [-0.39, 0.29) is 16.3 Å². The summed E-state index contributed by atoms with van der Waals surface area (Å²) in [7, 11) is 0. The second-order valence-electron chi connectivity index (χ2n) is 3.23. The molecule has 0 radical (unpaired) electrons. The van der Waals surface area contributed by atoms with Crippen LogP contribution in [0.2, 0.25) is 5.02 Å². The number of benzene rings is 1. The van der Waals surface area contributed by atoms with Gasteiger partial charge in [0.1, 0.15) is 10.6 Å². The zero-order chi connectivity index (χ0) is 12.8. The highest BCUT2D eigenvalue weighted by Crippen LogP contribution is 2.27. The number of nitrogens with zero attached hydrogens (tertiary/aromatic N) is 1. The number of halogens is 1. The van der Waals surface area contributed by atoms with Gasteiger partial charge in [0.15, 0.2) is 0 Å². The molecule has 90 valence electrons. The molecule has 1 aromatic carbocycles. The number of rotatable bonds is 5. The molecule has 1 rings (SSSR count). The number of para-hydroxylation sites is 1. The maximum absolute atomic E-state index is 11.7. The maximum Gasteiger partial charge on any atom is 0.300 e. The fraction of sp³-hybridized carbons (Fsp3) is 0.182. The summed E-state index contributed by atoms with van der Waals surface area (Å²) in [5.41, 5.74) is -0.406. The number of amides is 1. The van der Waals surface area contributed by atoms with Crippen molar-refractivity contribution in [2.45, 2.75) is 6.42 Å². The molecule has 6 heteroatoms. The van der Waals surface area contributed by atoms with Gasteiger partial charge >= 0.3 is 5.69 Å². The van der Waals surface area contributed by atoms with Crippen LogP contribution < -0.4 is 5.32 Å². The highest BCUT2D eigenvalue weighted by atomic mass is 35.5. The molecular weight excluding hydrogens is 244 g/mol. The quantitative estimate of drug-likeness (QED) is 0.380. The Morgan fingerprint density at radius 2 is 2.29 bits per heavy atom. The Kier molecular flexibility index (Phi) is 4.66. The van der Waals surface area contributed by atoms with Crippen LogP contribution in [0.5, 0.6) is 0 Å². The third-order valence-corrected chi connectivity index (χ3v) is 2.35. The summed E-state index contributed by atoms with van der Waals surface area (Å²) in [6, 6.07) is 4.24. The van der Waals surface area contributed by atoms with Crippen LogP contribution in [0, 0.1) is 10.1 Å². The van der Waals surface area contributed by atoms with Crippen LogP contribution in [-0.2, 0) is 0 Å². The van der Waals surface area contributed by atoms with E-state index < -0.39 is 10.8 Å². The summed E-state index contributed by atoms with van der Waals surface area (Å²) in [6.07, 6.45) is 2.24. The molecule has 17 heavy (non-hydrogen) atoms. The van der Waals surface area contributed by atoms with E-state index in [1.165, 1.54) is 18.2 Å². The lowest BCUT2D eigenvalue weighted by molar-refractivity contribution is -0.385. The summed E-state index contributed by atoms with van der Waals surface area (Å²) < 4.78 is 0. The molecule has 0 saturated carbocycles. The smallest absolute Gasteiger partial charge is 0.300 e. The molecule has 1 aromatic rings. The first-order valence-electron chi connectivity index (χ1n) is 4.90. The number of hydrogen-bond acceptors (Lipinski definition) is 3. The van der Waals surface area contributed by atoms with Crippen molar-refractivity contribution < 1.29 is 9.72 Å². The second kappa shape index (κ2) is 6.00. The lowest BCUT2D eigenvalue weighted by Crippen LogP contribution is -2.25. The Balaban J connectivity index is 2.97. The number of hydrogen-bond donors (Lipinski definition) is 1. The number of carbonyl (C=O) groups is 1. The first-order chi connectivity index (χ1) is 8.07. The normalized spacial score (nSPS) is 9.71. The van der Waals surface area contributed by atoms with Crippen LogP contribution in [0.1, 0.15) is 16.8 Å². The molecule has 0 atom stereocenters. The van der Waals surface area contributed by atoms with E-state index in [0.717, 1.165) is 0 Å². The minimum absolute atomic E-state index is 0.0356. The van der Waals surface area contributed by atoms with E-state index in [4.69, 9.17) is 11.6 Å². The van der Waals surface area contributed by atoms with Gasteiger partial charge in [-0.1, -0.05) is 23.7 Å². The maximum atomic E-state index is 11.7. The average Bonchev–Trinajstić information content (AvgIpc) is 2.28. The van der Waals surface area contributed by atoms with Gasteiger partial charge in [-0.2, -0.15) is 0 Å². The van der Waals surface area contributed by atoms with Gasteiger partial charge in [0.25, 0.3) is 5.91 Å². The molecule has 1 amide bonds. The topological polar surface area (TPSA) is 72.2 Å². The molecule has 0 spiro atoms. The van der Waals surface area contributed by atoms with Crippen LogP contribution in [0.25, 0.3) is 0 Å². The van der Waals surface area contributed by atoms with Gasteiger partial charge in [-0.05, 0) is 18.6 Å². The predicted octanol–water partition coefficient (Wildman–Crippen LogP) is 2.55. The number of nitro benzene ring substituents is 1. The van der Waals surface area contributed by atoms with Crippen molar-refractivity contribution in [3.63, 3.8) is 0 Å². The summed E-state index contributed by atoms with van der Waals surface area (Å²) in [6.45, 7) is 3.89. The van der Waals surface area contributed by atoms with E-state index in [2.05, 4.69) is 11.9 Å². The number of nitrogens with one attached hydrogen (secondary N) is 1. The van der Waals surface area contributed by atoms with Crippen LogP contribution >= 0.6 is 11.6 Å². The number of carbonyl (C=O) groups excluding carboxylic acids is 1. The zero-order valence-electron chi connectivity index (χ0n) is 8.98. The van der Waals surface area contributed by atoms with E-state index >= 15 is 0 Å². The van der Waals surface area contributed by atoms with E-state index in [1.807, 2.05) is 0 Å². The molecule has 0 unspecified atom stereocenters. The molecule has 1 N–H and O–H groups in total. The second-order valence-corrected chi connectivity index (χ2v) is 3.63. The van der Waals surface area contributed by atoms with Crippen molar-refractivity contribution in [1.82, 2.24) is 5.32 Å². The van der Waals surface area contributed by atoms with Gasteiger partial charge < -0.3 is 5.32 Å². The Morgan fingerprint density at radius 1 is 1.59 bits per heavy atom. The summed E-state index contributed by atoms with van der Waals surface area (Å²) in [5, 5.41) is 13.3. The Morgan fingerprint density at radius 3 is 2.88 bits per heavy atom. The third-order valence-electron chi connectivity index (χ3n) is 2.05. The molecule has 0 aliphatic heterocycles. The minimum atomic E-state index is -0.662. The summed E-state index contributed by atoms with van der Waals surface area (Å²) in [4.78, 5) is 21.8. The van der Waals surface area contributed by atoms with Gasteiger partial charge in [-0.15, -0.1) is 6.58 Å². The zero-order valence-corrected chi connectivity index (χ0v) is 9.74. The molecule has 5 nitrogen and oxygen atoms in total. The standard InChI is InChI=1S/C11H11ClN2O3/c1-2-3-7-13-11(15)8-5-4-6-9(12)10(8)14(16)17/h2,4-6H,1,3,7H2,(H,13,15). The summed E-state index contributed by atoms with van der Waals surface area (Å²) >= 11 is 5.69. The van der Waals surface area contributed by atoms with E-state index in [9.17, 15) is 14.9 Å². The fourth-order valence-corrected chi connectivity index (χ4v) is 1.51. The largest absolute Gasteiger partial charge is 0.352 e. The van der Waals surface area contributed by atoms with Crippen molar-refractivity contribution in [3.05, 3.63) is 51.6 Å². The van der Waals surface area contributed by atoms with Crippen LogP contribution in [0.15, 0.2) is 30.9 Å². The van der Waals surface area contributed by atoms with Gasteiger partial charge in [0.05, 0.1) is 4.92 Å². The van der Waals surface area contributed by atoms with Gasteiger partial charge in [0, 0.05) is 6.54 Å². The number of nitro groups is 1. The average molecular weight is 255 g/mol. The lowest BCUT2D eigenvalue weighted by Gasteiger charge is -2.05. The molecule has 0 saturated heterocycles. The Labute approximate surface area is 103 Å². The van der Waals surface area contributed by atoms with Crippen LogP contribution in [0.3, 0.4) is 0 Å². The first-order valence-corrected chi connectivity index (χ1v) is 5.27. The van der Waals surface area contributed by atoms with Crippen molar-refractivity contribution in [1.29, 1.82) is 0 Å². The van der Waals surface area contributed by atoms with E-state index in [1.54, 1.807) is 6.08 Å². The van der Waals surface area contributed by atoms with Crippen molar-refractivity contribution in [2.24, 2.45) is 0 Å². The fourth-order valence-electron chi connectivity index (χ4n) is 1.27.